The van der Waals surface area contributed by atoms with Gasteiger partial charge in [0.2, 0.25) is 0 Å². The lowest BCUT2D eigenvalue weighted by atomic mass is 10.0. The second kappa shape index (κ2) is 4.78. The number of hydrogen-bond acceptors (Lipinski definition) is 2. The number of aliphatic hydroxyl groups is 1. The lowest BCUT2D eigenvalue weighted by Gasteiger charge is -2.07. The molecule has 1 N–H and O–H groups in total. The Morgan fingerprint density at radius 3 is 2.58 bits per heavy atom. The topological polar surface area (TPSA) is 33.1 Å². The molecule has 0 fully saturated rings. The molecule has 3 aromatic rings. The molecule has 3 heteroatoms. The molecular formula is C16H12FNO. The number of halogens is 1. The van der Waals surface area contributed by atoms with E-state index in [0.29, 0.717) is 0 Å². The zero-order valence-electron chi connectivity index (χ0n) is 10.2. The molecule has 2 aromatic carbocycles. The Kier molecular flexibility index (Phi) is 2.97. The molecule has 1 heterocycles. The zero-order valence-corrected chi connectivity index (χ0v) is 10.2. The first-order valence-corrected chi connectivity index (χ1v) is 6.02. The average molecular weight is 253 g/mol. The molecule has 0 aliphatic rings. The summed E-state index contributed by atoms with van der Waals surface area (Å²) in [5, 5.41) is 9.82. The summed E-state index contributed by atoms with van der Waals surface area (Å²) in [6.07, 6.45) is 1.70. The summed E-state index contributed by atoms with van der Waals surface area (Å²) >= 11 is 0. The van der Waals surface area contributed by atoms with Crippen LogP contribution in [0.15, 0.2) is 54.7 Å². The molecule has 0 aliphatic heterocycles. The van der Waals surface area contributed by atoms with Crippen molar-refractivity contribution in [2.75, 3.05) is 0 Å². The number of hydrogen-bond donors (Lipinski definition) is 1. The van der Waals surface area contributed by atoms with E-state index in [9.17, 15) is 4.39 Å². The van der Waals surface area contributed by atoms with Gasteiger partial charge in [-0.15, -0.1) is 0 Å². The maximum Gasteiger partial charge on any atom is 0.124 e. The van der Waals surface area contributed by atoms with E-state index in [4.69, 9.17) is 5.11 Å². The van der Waals surface area contributed by atoms with E-state index < -0.39 is 0 Å². The third-order valence-electron chi connectivity index (χ3n) is 3.12. The van der Waals surface area contributed by atoms with Gasteiger partial charge in [0.25, 0.3) is 0 Å². The van der Waals surface area contributed by atoms with Gasteiger partial charge in [0, 0.05) is 17.1 Å². The van der Waals surface area contributed by atoms with Crippen LogP contribution in [0.25, 0.3) is 22.0 Å². The largest absolute Gasteiger partial charge is 0.392 e. The van der Waals surface area contributed by atoms with Gasteiger partial charge in [0.05, 0.1) is 12.1 Å². The van der Waals surface area contributed by atoms with Crippen molar-refractivity contribution >= 4 is 10.9 Å². The van der Waals surface area contributed by atoms with Crippen LogP contribution in [-0.2, 0) is 6.61 Å². The van der Waals surface area contributed by atoms with Crippen LogP contribution in [0.3, 0.4) is 0 Å². The maximum atomic E-state index is 13.7. The summed E-state index contributed by atoms with van der Waals surface area (Å²) in [5.41, 5.74) is 3.26. The monoisotopic (exact) mass is 253 g/mol. The lowest BCUT2D eigenvalue weighted by molar-refractivity contribution is 0.282. The van der Waals surface area contributed by atoms with Crippen molar-refractivity contribution in [1.29, 1.82) is 0 Å². The molecule has 0 radical (unpaired) electrons. The quantitative estimate of drug-likeness (QED) is 0.757. The minimum atomic E-state index is -0.276. The van der Waals surface area contributed by atoms with Crippen LogP contribution >= 0.6 is 0 Å². The van der Waals surface area contributed by atoms with Crippen molar-refractivity contribution in [3.05, 3.63) is 66.1 Å². The molecule has 3 rings (SSSR count). The first-order valence-electron chi connectivity index (χ1n) is 6.02. The number of rotatable bonds is 2. The Labute approximate surface area is 110 Å². The Balaban J connectivity index is 2.22. The molecule has 1 aromatic heterocycles. The van der Waals surface area contributed by atoms with Gasteiger partial charge in [-0.25, -0.2) is 4.39 Å². The van der Waals surface area contributed by atoms with E-state index in [0.717, 1.165) is 27.6 Å². The zero-order chi connectivity index (χ0) is 13.2. The normalized spacial score (nSPS) is 10.8. The number of pyridine rings is 1. The van der Waals surface area contributed by atoms with Crippen LogP contribution in [0, 0.1) is 5.82 Å². The Hall–Kier alpha value is -2.26. The van der Waals surface area contributed by atoms with Gasteiger partial charge < -0.3 is 5.11 Å². The predicted molar refractivity (Wildman–Crippen MR) is 73.1 cm³/mol. The summed E-state index contributed by atoms with van der Waals surface area (Å²) in [6, 6.07) is 14.0. The first kappa shape index (κ1) is 11.8. The molecule has 94 valence electrons. The van der Waals surface area contributed by atoms with E-state index in [1.165, 1.54) is 12.1 Å². The van der Waals surface area contributed by atoms with E-state index >= 15 is 0 Å². The SMILES string of the molecule is OCc1ccc(-c2cc(F)cc3cccnc23)cc1. The van der Waals surface area contributed by atoms with Crippen LogP contribution in [-0.4, -0.2) is 10.1 Å². The highest BCUT2D eigenvalue weighted by molar-refractivity contribution is 5.93. The second-order valence-corrected chi connectivity index (χ2v) is 4.38. The minimum Gasteiger partial charge on any atom is -0.392 e. The predicted octanol–water partition coefficient (Wildman–Crippen LogP) is 3.53. The fourth-order valence-electron chi connectivity index (χ4n) is 2.17. The van der Waals surface area contributed by atoms with E-state index in [1.807, 2.05) is 30.3 Å². The van der Waals surface area contributed by atoms with Gasteiger partial charge in [-0.2, -0.15) is 0 Å². The van der Waals surface area contributed by atoms with E-state index in [1.54, 1.807) is 12.3 Å². The number of fused-ring (bicyclic) bond motifs is 1. The molecule has 0 saturated carbocycles. The Morgan fingerprint density at radius 1 is 1.05 bits per heavy atom. The molecule has 19 heavy (non-hydrogen) atoms. The fourth-order valence-corrected chi connectivity index (χ4v) is 2.17. The fraction of sp³-hybridized carbons (Fsp3) is 0.0625. The van der Waals surface area contributed by atoms with Crippen LogP contribution in [0.5, 0.6) is 0 Å². The third-order valence-corrected chi connectivity index (χ3v) is 3.12. The van der Waals surface area contributed by atoms with Gasteiger partial charge >= 0.3 is 0 Å². The Morgan fingerprint density at radius 2 is 1.84 bits per heavy atom. The van der Waals surface area contributed by atoms with Crippen molar-refractivity contribution in [3.63, 3.8) is 0 Å². The molecule has 2 nitrogen and oxygen atoms in total. The average Bonchev–Trinajstić information content (AvgIpc) is 2.46. The van der Waals surface area contributed by atoms with E-state index in [-0.39, 0.29) is 12.4 Å². The van der Waals surface area contributed by atoms with Gasteiger partial charge in [-0.05, 0) is 29.3 Å². The summed E-state index contributed by atoms with van der Waals surface area (Å²) < 4.78 is 13.7. The molecule has 0 bridgehead atoms. The summed E-state index contributed by atoms with van der Waals surface area (Å²) in [7, 11) is 0. The lowest BCUT2D eigenvalue weighted by Crippen LogP contribution is -1.88. The number of benzene rings is 2. The van der Waals surface area contributed by atoms with Crippen LogP contribution in [0.4, 0.5) is 4.39 Å². The van der Waals surface area contributed by atoms with Crippen molar-refractivity contribution in [3.8, 4) is 11.1 Å². The number of nitrogens with zero attached hydrogens (tertiary/aromatic N) is 1. The minimum absolute atomic E-state index is 0.00241. The molecular weight excluding hydrogens is 241 g/mol. The molecule has 0 aliphatic carbocycles. The van der Waals surface area contributed by atoms with Crippen molar-refractivity contribution in [1.82, 2.24) is 4.98 Å². The second-order valence-electron chi connectivity index (χ2n) is 4.38. The van der Waals surface area contributed by atoms with Crippen molar-refractivity contribution < 1.29 is 9.50 Å². The van der Waals surface area contributed by atoms with Crippen molar-refractivity contribution in [2.45, 2.75) is 6.61 Å². The third kappa shape index (κ3) is 2.20. The van der Waals surface area contributed by atoms with Gasteiger partial charge in [0.1, 0.15) is 5.82 Å². The molecule has 0 unspecified atom stereocenters. The van der Waals surface area contributed by atoms with Gasteiger partial charge in [0.15, 0.2) is 0 Å². The molecule has 0 amide bonds. The Bertz CT molecular complexity index is 722. The summed E-state index contributed by atoms with van der Waals surface area (Å²) in [4.78, 5) is 4.33. The van der Waals surface area contributed by atoms with Crippen LogP contribution < -0.4 is 0 Å². The number of aromatic nitrogens is 1. The van der Waals surface area contributed by atoms with Crippen molar-refractivity contribution in [2.24, 2.45) is 0 Å². The first-order chi connectivity index (χ1) is 9.28. The van der Waals surface area contributed by atoms with E-state index in [2.05, 4.69) is 4.98 Å². The number of aliphatic hydroxyl groups excluding tert-OH is 1. The highest BCUT2D eigenvalue weighted by Gasteiger charge is 2.07. The van der Waals surface area contributed by atoms with Gasteiger partial charge in [-0.1, -0.05) is 30.3 Å². The van der Waals surface area contributed by atoms with Crippen LogP contribution in [0.1, 0.15) is 5.56 Å². The highest BCUT2D eigenvalue weighted by Crippen LogP contribution is 2.28. The smallest absolute Gasteiger partial charge is 0.124 e. The van der Waals surface area contributed by atoms with Crippen LogP contribution in [0.2, 0.25) is 0 Å². The van der Waals surface area contributed by atoms with Gasteiger partial charge in [-0.3, -0.25) is 4.98 Å². The molecule has 0 atom stereocenters. The molecule has 0 spiro atoms. The highest BCUT2D eigenvalue weighted by atomic mass is 19.1. The molecule has 0 saturated heterocycles. The summed E-state index contributed by atoms with van der Waals surface area (Å²) in [6.45, 7) is 0.00241. The maximum absolute atomic E-state index is 13.7. The summed E-state index contributed by atoms with van der Waals surface area (Å²) in [5.74, 6) is -0.276. The standard InChI is InChI=1S/C16H12FNO/c17-14-8-13-2-1-7-18-16(13)15(9-14)12-5-3-11(10-19)4-6-12/h1-9,19H,10H2.